The van der Waals surface area contributed by atoms with Crippen molar-refractivity contribution in [1.29, 1.82) is 0 Å². The molecule has 0 saturated heterocycles. The highest BCUT2D eigenvalue weighted by Gasteiger charge is 2.50. The van der Waals surface area contributed by atoms with Gasteiger partial charge in [0.25, 0.3) is 0 Å². The van der Waals surface area contributed by atoms with Crippen molar-refractivity contribution in [3.63, 3.8) is 0 Å². The minimum absolute atomic E-state index is 0.0450. The molecule has 1 atom stereocenters. The van der Waals surface area contributed by atoms with E-state index in [1.807, 2.05) is 45.9 Å². The molecule has 0 bridgehead atoms. The smallest absolute Gasteiger partial charge is 0.373 e. The summed E-state index contributed by atoms with van der Waals surface area (Å²) < 4.78 is 18.3. The Balaban J connectivity index is 3.35. The van der Waals surface area contributed by atoms with Crippen LogP contribution in [0.3, 0.4) is 0 Å². The van der Waals surface area contributed by atoms with Crippen molar-refractivity contribution in [2.24, 2.45) is 0 Å². The van der Waals surface area contributed by atoms with Crippen LogP contribution in [0.1, 0.15) is 45.7 Å². The summed E-state index contributed by atoms with van der Waals surface area (Å²) in [4.78, 5) is 0. The van der Waals surface area contributed by atoms with Gasteiger partial charge < -0.3 is 13.3 Å². The fourth-order valence-corrected chi connectivity index (χ4v) is 5.82. The van der Waals surface area contributed by atoms with Crippen LogP contribution in [-0.2, 0) is 13.3 Å². The largest absolute Gasteiger partial charge is 0.513 e. The summed E-state index contributed by atoms with van der Waals surface area (Å²) in [5.41, 5.74) is 2.46. The maximum Gasteiger partial charge on any atom is 0.513 e. The Bertz CT molecular complexity index is 414. The molecule has 1 aromatic rings. The van der Waals surface area contributed by atoms with E-state index in [4.69, 9.17) is 13.3 Å². The van der Waals surface area contributed by atoms with Crippen molar-refractivity contribution < 1.29 is 13.3 Å². The lowest BCUT2D eigenvalue weighted by molar-refractivity contribution is 0.0650. The summed E-state index contributed by atoms with van der Waals surface area (Å²) >= 11 is 0. The van der Waals surface area contributed by atoms with Crippen molar-refractivity contribution in [2.45, 2.75) is 40.2 Å². The van der Waals surface area contributed by atoms with E-state index in [2.05, 4.69) is 25.1 Å². The second kappa shape index (κ2) is 9.15. The van der Waals surface area contributed by atoms with Crippen LogP contribution >= 0.6 is 0 Å². The highest BCUT2D eigenvalue weighted by atomic mass is 28.4. The molecule has 0 fully saturated rings. The maximum absolute atomic E-state index is 6.10. The normalized spacial score (nSPS) is 14.2. The predicted molar refractivity (Wildman–Crippen MR) is 89.2 cm³/mol. The third kappa shape index (κ3) is 4.51. The quantitative estimate of drug-likeness (QED) is 0.502. The number of hydrogen-bond acceptors (Lipinski definition) is 3. The summed E-state index contributed by atoms with van der Waals surface area (Å²) in [6.07, 6.45) is 2.12. The van der Waals surface area contributed by atoms with E-state index in [0.717, 1.165) is 0 Å². The lowest BCUT2D eigenvalue weighted by Crippen LogP contribution is -2.52. The summed E-state index contributed by atoms with van der Waals surface area (Å²) in [5.74, 6) is 0. The Kier molecular flexibility index (Phi) is 7.89. The van der Waals surface area contributed by atoms with Crippen molar-refractivity contribution in [3.05, 3.63) is 47.5 Å². The SMILES string of the molecule is C/C=C(/C)[C@@H](c1ccccc1)[Si](OCC)(OCC)OCC. The number of allylic oxidation sites excluding steroid dienone is 2. The molecule has 0 unspecified atom stereocenters. The van der Waals surface area contributed by atoms with Crippen molar-refractivity contribution in [1.82, 2.24) is 0 Å². The summed E-state index contributed by atoms with van der Waals surface area (Å²) in [7, 11) is -2.82. The lowest BCUT2D eigenvalue weighted by Gasteiger charge is -2.36. The van der Waals surface area contributed by atoms with Crippen LogP contribution < -0.4 is 0 Å². The Morgan fingerprint density at radius 2 is 1.48 bits per heavy atom. The second-order valence-corrected chi connectivity index (χ2v) is 7.43. The number of benzene rings is 1. The fraction of sp³-hybridized carbons (Fsp3) is 0.529. The van der Waals surface area contributed by atoms with E-state index >= 15 is 0 Å². The molecule has 4 heteroatoms. The molecule has 1 aromatic carbocycles. The molecule has 0 spiro atoms. The van der Waals surface area contributed by atoms with E-state index in [-0.39, 0.29) is 5.54 Å². The molecule has 3 nitrogen and oxygen atoms in total. The molecule has 0 aromatic heterocycles. The van der Waals surface area contributed by atoms with Crippen LogP contribution in [-0.4, -0.2) is 28.6 Å². The summed E-state index contributed by atoms with van der Waals surface area (Å²) in [6.45, 7) is 11.9. The van der Waals surface area contributed by atoms with Gasteiger partial charge in [-0.05, 0) is 40.2 Å². The van der Waals surface area contributed by atoms with E-state index in [1.54, 1.807) is 0 Å². The first-order valence-electron chi connectivity index (χ1n) is 7.74. The molecule has 0 aliphatic carbocycles. The van der Waals surface area contributed by atoms with Crippen molar-refractivity contribution in [2.75, 3.05) is 19.8 Å². The van der Waals surface area contributed by atoms with Gasteiger partial charge >= 0.3 is 8.80 Å². The van der Waals surface area contributed by atoms with Gasteiger partial charge in [0.15, 0.2) is 0 Å². The van der Waals surface area contributed by atoms with Gasteiger partial charge in [0.1, 0.15) is 0 Å². The molecule has 0 aliphatic rings. The molecule has 0 radical (unpaired) electrons. The van der Waals surface area contributed by atoms with Gasteiger partial charge in [0.2, 0.25) is 0 Å². The Morgan fingerprint density at radius 3 is 1.86 bits per heavy atom. The Hall–Kier alpha value is -0.943. The molecule has 118 valence electrons. The van der Waals surface area contributed by atoms with Crippen molar-refractivity contribution in [3.8, 4) is 0 Å². The Labute approximate surface area is 130 Å². The van der Waals surface area contributed by atoms with Gasteiger partial charge in [-0.1, -0.05) is 42.0 Å². The van der Waals surface area contributed by atoms with Crippen LogP contribution in [0.15, 0.2) is 42.0 Å². The van der Waals surface area contributed by atoms with Crippen LogP contribution in [0.5, 0.6) is 0 Å². The zero-order chi connectivity index (χ0) is 15.7. The third-order valence-corrected chi connectivity index (χ3v) is 7.00. The molecular formula is C17H28O3Si. The Morgan fingerprint density at radius 1 is 1.00 bits per heavy atom. The van der Waals surface area contributed by atoms with Crippen molar-refractivity contribution >= 4 is 8.80 Å². The molecule has 1 rings (SSSR count). The van der Waals surface area contributed by atoms with Gasteiger partial charge in [-0.25, -0.2) is 0 Å². The standard InChI is InChI=1S/C17H28O3Si/c1-6-15(5)17(16-13-11-10-12-14-16)21(18-7-2,19-8-3)20-9-4/h6,10-14,17H,7-9H2,1-5H3/b15-6-/t17-/m0/s1. The van der Waals surface area contributed by atoms with E-state index < -0.39 is 8.80 Å². The van der Waals surface area contributed by atoms with Gasteiger partial charge in [-0.2, -0.15) is 0 Å². The monoisotopic (exact) mass is 308 g/mol. The number of hydrogen-bond donors (Lipinski definition) is 0. The lowest BCUT2D eigenvalue weighted by atomic mass is 10.1. The van der Waals surface area contributed by atoms with Crippen LogP contribution in [0.2, 0.25) is 0 Å². The molecule has 21 heavy (non-hydrogen) atoms. The molecule has 0 N–H and O–H groups in total. The molecule has 0 amide bonds. The zero-order valence-electron chi connectivity index (χ0n) is 13.9. The fourth-order valence-electron chi connectivity index (χ4n) is 2.54. The van der Waals surface area contributed by atoms with Crippen LogP contribution in [0.4, 0.5) is 0 Å². The molecule has 0 heterocycles. The average molecular weight is 308 g/mol. The first-order valence-corrected chi connectivity index (χ1v) is 9.54. The maximum atomic E-state index is 6.10. The van der Waals surface area contributed by atoms with Gasteiger partial charge in [-0.3, -0.25) is 0 Å². The molecular weight excluding hydrogens is 280 g/mol. The minimum Gasteiger partial charge on any atom is -0.373 e. The molecule has 0 saturated carbocycles. The van der Waals surface area contributed by atoms with E-state index in [9.17, 15) is 0 Å². The van der Waals surface area contributed by atoms with Crippen LogP contribution in [0, 0.1) is 0 Å². The van der Waals surface area contributed by atoms with Gasteiger partial charge in [-0.15, -0.1) is 0 Å². The predicted octanol–water partition coefficient (Wildman–Crippen LogP) is 4.32. The second-order valence-electron chi connectivity index (χ2n) is 4.78. The average Bonchev–Trinajstić information content (AvgIpc) is 2.49. The topological polar surface area (TPSA) is 27.7 Å². The summed E-state index contributed by atoms with van der Waals surface area (Å²) in [5, 5.41) is 0. The minimum atomic E-state index is -2.82. The highest BCUT2D eigenvalue weighted by Crippen LogP contribution is 2.36. The summed E-state index contributed by atoms with van der Waals surface area (Å²) in [6, 6.07) is 10.4. The third-order valence-electron chi connectivity index (χ3n) is 3.43. The molecule has 0 aliphatic heterocycles. The highest BCUT2D eigenvalue weighted by molar-refractivity contribution is 6.63. The van der Waals surface area contributed by atoms with Crippen LogP contribution in [0.25, 0.3) is 0 Å². The first kappa shape index (κ1) is 18.1. The number of rotatable bonds is 9. The first-order chi connectivity index (χ1) is 10.1. The van der Waals surface area contributed by atoms with E-state index in [0.29, 0.717) is 19.8 Å². The zero-order valence-corrected chi connectivity index (χ0v) is 14.9. The van der Waals surface area contributed by atoms with E-state index in [1.165, 1.54) is 11.1 Å². The van der Waals surface area contributed by atoms with Gasteiger partial charge in [0.05, 0.1) is 5.54 Å². The van der Waals surface area contributed by atoms with Gasteiger partial charge in [0, 0.05) is 19.8 Å².